The molecule has 0 spiro atoms. The lowest BCUT2D eigenvalue weighted by Gasteiger charge is -2.22. The Hall–Kier alpha value is -7.24. The predicted molar refractivity (Wildman–Crippen MR) is 217 cm³/mol. The van der Waals surface area contributed by atoms with Crippen LogP contribution >= 0.6 is 0 Å². The minimum atomic E-state index is -0.992. The van der Waals surface area contributed by atoms with Crippen LogP contribution in [0.4, 0.5) is 0 Å². The predicted octanol–water partition coefficient (Wildman–Crippen LogP) is 11.9. The van der Waals surface area contributed by atoms with E-state index in [0.717, 1.165) is 50.2 Å². The molecule has 0 atom stereocenters. The molecule has 0 aromatic heterocycles. The molecule has 5 nitrogen and oxygen atoms in total. The van der Waals surface area contributed by atoms with Gasteiger partial charge in [-0.05, 0) is 94.4 Å². The monoisotopic (exact) mass is 700 g/mol. The molecule has 0 amide bonds. The van der Waals surface area contributed by atoms with Crippen molar-refractivity contribution in [3.63, 3.8) is 0 Å². The fourth-order valence-corrected chi connectivity index (χ4v) is 8.71. The Morgan fingerprint density at radius 2 is 0.704 bits per heavy atom. The summed E-state index contributed by atoms with van der Waals surface area (Å²) in [5, 5.41) is 59.0. The second kappa shape index (κ2) is 11.9. The zero-order chi connectivity index (χ0) is 36.7. The molecule has 258 valence electrons. The van der Waals surface area contributed by atoms with Crippen LogP contribution in [0.5, 0.6) is 28.7 Å². The molecule has 0 unspecified atom stereocenters. The molecule has 9 aromatic rings. The summed E-state index contributed by atoms with van der Waals surface area (Å²) in [5.74, 6) is -4.28. The zero-order valence-corrected chi connectivity index (χ0v) is 28.9. The van der Waals surface area contributed by atoms with Crippen LogP contribution in [0.3, 0.4) is 0 Å². The molecule has 1 aliphatic rings. The second-order valence-electron chi connectivity index (χ2n) is 13.9. The maximum atomic E-state index is 11.2. The first-order chi connectivity index (χ1) is 26.4. The summed E-state index contributed by atoms with van der Waals surface area (Å²) in [7, 11) is 0. The Morgan fingerprint density at radius 1 is 0.259 bits per heavy atom. The van der Waals surface area contributed by atoms with E-state index in [1.54, 1.807) is 0 Å². The minimum absolute atomic E-state index is 0.173. The smallest absolute Gasteiger partial charge is 0.208 e. The summed E-state index contributed by atoms with van der Waals surface area (Å²) in [4.78, 5) is 0. The quantitative estimate of drug-likeness (QED) is 0.0715. The van der Waals surface area contributed by atoms with Crippen LogP contribution in [0, 0.1) is 0 Å². The van der Waals surface area contributed by atoms with Gasteiger partial charge in [0.15, 0.2) is 11.5 Å². The van der Waals surface area contributed by atoms with Crippen molar-refractivity contribution in [2.24, 2.45) is 0 Å². The largest absolute Gasteiger partial charge is 0.504 e. The van der Waals surface area contributed by atoms with Crippen molar-refractivity contribution in [1.29, 1.82) is 0 Å². The third-order valence-electron chi connectivity index (χ3n) is 11.1. The first-order valence-electron chi connectivity index (χ1n) is 17.9. The van der Waals surface area contributed by atoms with Crippen molar-refractivity contribution in [2.45, 2.75) is 6.42 Å². The van der Waals surface area contributed by atoms with E-state index < -0.39 is 28.7 Å². The fraction of sp³-hybridized carbons (Fsp3) is 0.0204. The van der Waals surface area contributed by atoms with Gasteiger partial charge in [-0.2, -0.15) is 0 Å². The van der Waals surface area contributed by atoms with Crippen LogP contribution in [-0.2, 0) is 6.42 Å². The number of phenolic OH excluding ortho intramolecular Hbond substituents is 5. The van der Waals surface area contributed by atoms with Gasteiger partial charge in [-0.1, -0.05) is 152 Å². The highest BCUT2D eigenvalue weighted by molar-refractivity contribution is 6.25. The number of aromatic hydroxyl groups is 5. The van der Waals surface area contributed by atoms with Crippen molar-refractivity contribution in [3.8, 4) is 84.4 Å². The number of hydrogen-bond acceptors (Lipinski definition) is 5. The van der Waals surface area contributed by atoms with Crippen LogP contribution in [0.25, 0.3) is 88.0 Å². The molecule has 9 aromatic carbocycles. The molecule has 0 radical (unpaired) electrons. The van der Waals surface area contributed by atoms with Crippen molar-refractivity contribution in [3.05, 3.63) is 163 Å². The molecular weight excluding hydrogens is 669 g/mol. The summed E-state index contributed by atoms with van der Waals surface area (Å²) >= 11 is 0. The van der Waals surface area contributed by atoms with E-state index in [4.69, 9.17) is 0 Å². The molecule has 5 heteroatoms. The maximum Gasteiger partial charge on any atom is 0.208 e. The molecule has 0 bridgehead atoms. The van der Waals surface area contributed by atoms with Crippen molar-refractivity contribution in [2.75, 3.05) is 0 Å². The van der Waals surface area contributed by atoms with Gasteiger partial charge in [-0.3, -0.25) is 0 Å². The average Bonchev–Trinajstić information content (AvgIpc) is 3.61. The Balaban J connectivity index is 1.30. The third-order valence-corrected chi connectivity index (χ3v) is 11.1. The molecular formula is C49H32O5. The van der Waals surface area contributed by atoms with E-state index in [2.05, 4.69) is 97.1 Å². The average molecular weight is 701 g/mol. The molecule has 54 heavy (non-hydrogen) atoms. The Morgan fingerprint density at radius 3 is 1.30 bits per heavy atom. The van der Waals surface area contributed by atoms with E-state index >= 15 is 0 Å². The van der Waals surface area contributed by atoms with Gasteiger partial charge in [-0.15, -0.1) is 0 Å². The van der Waals surface area contributed by atoms with E-state index in [0.29, 0.717) is 16.3 Å². The molecule has 0 saturated heterocycles. The van der Waals surface area contributed by atoms with Gasteiger partial charge in [0.25, 0.3) is 0 Å². The van der Waals surface area contributed by atoms with E-state index in [-0.39, 0.29) is 5.56 Å². The van der Waals surface area contributed by atoms with Gasteiger partial charge in [-0.25, -0.2) is 0 Å². The summed E-state index contributed by atoms with van der Waals surface area (Å²) in [6.45, 7) is 0. The van der Waals surface area contributed by atoms with Crippen molar-refractivity contribution < 1.29 is 25.5 Å². The highest BCUT2D eigenvalue weighted by Gasteiger charge is 2.29. The number of phenols is 5. The van der Waals surface area contributed by atoms with Crippen LogP contribution < -0.4 is 0 Å². The summed E-state index contributed by atoms with van der Waals surface area (Å²) in [5.41, 5.74) is 12.0. The zero-order valence-electron chi connectivity index (χ0n) is 28.9. The minimum Gasteiger partial charge on any atom is -0.504 e. The van der Waals surface area contributed by atoms with E-state index in [1.165, 1.54) is 33.4 Å². The van der Waals surface area contributed by atoms with Crippen LogP contribution in [-0.4, -0.2) is 25.5 Å². The maximum absolute atomic E-state index is 11.2. The Labute approximate surface area is 310 Å². The van der Waals surface area contributed by atoms with E-state index in [1.807, 2.05) is 54.6 Å². The molecule has 0 aliphatic heterocycles. The molecule has 0 fully saturated rings. The lowest BCUT2D eigenvalue weighted by atomic mass is 9.81. The van der Waals surface area contributed by atoms with Gasteiger partial charge >= 0.3 is 0 Å². The molecule has 5 N–H and O–H groups in total. The third kappa shape index (κ3) is 4.45. The highest BCUT2D eigenvalue weighted by atomic mass is 16.4. The SMILES string of the molecule is Oc1c(O)c(O)c(-c2c3ccccc3c(-c3ccc(-c4c(-c5ccccc5)ccc5c4-c4ccccc4C5)c4ccccc34)c3ccccc23)c(O)c1O. The van der Waals surface area contributed by atoms with Gasteiger partial charge in [0.05, 0.1) is 5.56 Å². The Bertz CT molecular complexity index is 2930. The first-order valence-corrected chi connectivity index (χ1v) is 17.9. The molecule has 10 rings (SSSR count). The number of hydrogen-bond donors (Lipinski definition) is 5. The second-order valence-corrected chi connectivity index (χ2v) is 13.9. The summed E-state index contributed by atoms with van der Waals surface area (Å²) < 4.78 is 0. The molecule has 1 aliphatic carbocycles. The topological polar surface area (TPSA) is 101 Å². The van der Waals surface area contributed by atoms with E-state index in [9.17, 15) is 25.5 Å². The van der Waals surface area contributed by atoms with Crippen molar-refractivity contribution >= 4 is 32.3 Å². The normalized spacial score (nSPS) is 12.0. The van der Waals surface area contributed by atoms with Crippen LogP contribution in [0.2, 0.25) is 0 Å². The summed E-state index contributed by atoms with van der Waals surface area (Å²) in [6.07, 6.45) is 0.885. The Kier molecular flexibility index (Phi) is 6.94. The van der Waals surface area contributed by atoms with Crippen molar-refractivity contribution in [1.82, 2.24) is 0 Å². The number of fused-ring (bicyclic) bond motifs is 6. The van der Waals surface area contributed by atoms with Crippen LogP contribution in [0.15, 0.2) is 152 Å². The first kappa shape index (κ1) is 31.5. The molecule has 0 saturated carbocycles. The molecule has 0 heterocycles. The van der Waals surface area contributed by atoms with Gasteiger partial charge in [0.1, 0.15) is 0 Å². The van der Waals surface area contributed by atoms with Crippen LogP contribution in [0.1, 0.15) is 11.1 Å². The lowest BCUT2D eigenvalue weighted by Crippen LogP contribution is -1.95. The van der Waals surface area contributed by atoms with Gasteiger partial charge in [0, 0.05) is 5.56 Å². The fourth-order valence-electron chi connectivity index (χ4n) is 8.71. The number of rotatable bonds is 4. The lowest BCUT2D eigenvalue weighted by molar-refractivity contribution is 0.330. The highest BCUT2D eigenvalue weighted by Crippen LogP contribution is 2.58. The standard InChI is InChI=1S/C49H32O5/c50-45-44(46(51)48(53)49(54)47(45)52)43-36-20-10-8-18-34(36)41(35-19-9-11-21-37(35)43)38-24-25-39(33-17-7-6-16-32(33)38)42-31(27-12-2-1-3-13-27)23-22-29-26-28-14-4-5-15-30(28)40(29)42/h1-25,50-54H,26H2. The van der Waals surface area contributed by atoms with Gasteiger partial charge < -0.3 is 25.5 Å². The van der Waals surface area contributed by atoms with Gasteiger partial charge in [0.2, 0.25) is 17.2 Å². The summed E-state index contributed by atoms with van der Waals surface area (Å²) in [6, 6.07) is 52.2. The number of benzene rings is 9.